The van der Waals surface area contributed by atoms with Crippen LogP contribution in [-0.2, 0) is 0 Å². The van der Waals surface area contributed by atoms with Crippen LogP contribution in [-0.4, -0.2) is 28.8 Å². The zero-order valence-corrected chi connectivity index (χ0v) is 16.8. The number of methoxy groups -OCH3 is 2. The van der Waals surface area contributed by atoms with Crippen molar-refractivity contribution in [2.75, 3.05) is 20.0 Å². The summed E-state index contributed by atoms with van der Waals surface area (Å²) in [5, 5.41) is 9.18. The lowest BCUT2D eigenvalue weighted by Gasteiger charge is -2.10. The summed E-state index contributed by atoms with van der Waals surface area (Å²) in [6, 6.07) is 15.0. The van der Waals surface area contributed by atoms with Gasteiger partial charge in [-0.3, -0.25) is 4.40 Å². The Morgan fingerprint density at radius 3 is 2.36 bits per heavy atom. The topological polar surface area (TPSA) is 74.7 Å². The molecule has 4 rings (SSSR count). The van der Waals surface area contributed by atoms with Gasteiger partial charge in [0.15, 0.2) is 11.5 Å². The molecule has 28 heavy (non-hydrogen) atoms. The van der Waals surface area contributed by atoms with Crippen molar-refractivity contribution in [2.24, 2.45) is 0 Å². The van der Waals surface area contributed by atoms with Gasteiger partial charge < -0.3 is 15.2 Å². The van der Waals surface area contributed by atoms with E-state index in [2.05, 4.69) is 10.2 Å². The number of aromatic nitrogens is 3. The zero-order valence-electron chi connectivity index (χ0n) is 15.2. The number of halogens is 2. The van der Waals surface area contributed by atoms with E-state index >= 15 is 0 Å². The Morgan fingerprint density at radius 1 is 0.893 bits per heavy atom. The van der Waals surface area contributed by atoms with Crippen molar-refractivity contribution in [2.45, 2.75) is 0 Å². The fourth-order valence-corrected chi connectivity index (χ4v) is 3.17. The monoisotopic (exact) mass is 416 g/mol. The number of nitrogens with two attached hydrogens (primary N) is 1. The third-order valence-corrected chi connectivity index (χ3v) is 4.60. The van der Waals surface area contributed by atoms with Crippen LogP contribution in [0.5, 0.6) is 11.5 Å². The Labute approximate surface area is 173 Å². The number of pyridine rings is 1. The molecule has 144 valence electrons. The van der Waals surface area contributed by atoms with Gasteiger partial charge in [-0.2, -0.15) is 0 Å². The van der Waals surface area contributed by atoms with Crippen LogP contribution in [0.2, 0.25) is 5.02 Å². The van der Waals surface area contributed by atoms with Gasteiger partial charge >= 0.3 is 0 Å². The van der Waals surface area contributed by atoms with Crippen LogP contribution >= 0.6 is 24.0 Å². The largest absolute Gasteiger partial charge is 0.496 e. The molecule has 0 bridgehead atoms. The van der Waals surface area contributed by atoms with Crippen molar-refractivity contribution in [3.8, 4) is 34.0 Å². The molecule has 0 aliphatic rings. The molecule has 0 aliphatic heterocycles. The molecule has 0 radical (unpaired) electrons. The molecule has 0 saturated carbocycles. The van der Waals surface area contributed by atoms with Gasteiger partial charge in [0.25, 0.3) is 0 Å². The first-order valence-corrected chi connectivity index (χ1v) is 8.61. The van der Waals surface area contributed by atoms with Crippen molar-refractivity contribution in [3.05, 3.63) is 59.8 Å². The smallest absolute Gasteiger partial charge is 0.172 e. The zero-order chi connectivity index (χ0) is 19.0. The molecule has 0 aliphatic carbocycles. The van der Waals surface area contributed by atoms with E-state index < -0.39 is 0 Å². The van der Waals surface area contributed by atoms with Gasteiger partial charge in [0.2, 0.25) is 0 Å². The van der Waals surface area contributed by atoms with Crippen LogP contribution < -0.4 is 15.2 Å². The number of hydrogen-bond acceptors (Lipinski definition) is 5. The molecular weight excluding hydrogens is 399 g/mol. The molecule has 6 nitrogen and oxygen atoms in total. The predicted octanol–water partition coefficient (Wildman–Crippen LogP) is 4.74. The molecule has 2 aromatic heterocycles. The standard InChI is InChI=1S/C20H17ClN4O2.ClH/c1-26-17-7-3-12(9-16(17)22)13-4-8-19-23-24-20(25(19)11-13)15-6-5-14(21)10-18(15)27-2;/h3-11H,22H2,1-2H3;1H. The van der Waals surface area contributed by atoms with Crippen molar-refractivity contribution >= 4 is 35.3 Å². The van der Waals surface area contributed by atoms with Crippen LogP contribution in [0, 0.1) is 0 Å². The molecule has 2 N–H and O–H groups in total. The minimum absolute atomic E-state index is 0. The molecule has 8 heteroatoms. The van der Waals surface area contributed by atoms with E-state index in [4.69, 9.17) is 26.8 Å². The average Bonchev–Trinajstić information content (AvgIpc) is 3.10. The van der Waals surface area contributed by atoms with E-state index in [0.29, 0.717) is 28.0 Å². The normalized spacial score (nSPS) is 10.5. The fraction of sp³-hybridized carbons (Fsp3) is 0.100. The van der Waals surface area contributed by atoms with E-state index in [1.54, 1.807) is 26.4 Å². The first-order chi connectivity index (χ1) is 13.1. The SMILES string of the molecule is COc1ccc(-c2ccc3nnc(-c4ccc(Cl)cc4OC)n3c2)cc1N.Cl. The molecule has 2 aromatic carbocycles. The molecule has 2 heterocycles. The predicted molar refractivity (Wildman–Crippen MR) is 114 cm³/mol. The quantitative estimate of drug-likeness (QED) is 0.486. The second-order valence-electron chi connectivity index (χ2n) is 5.97. The van der Waals surface area contributed by atoms with Crippen LogP contribution in [0.15, 0.2) is 54.7 Å². The van der Waals surface area contributed by atoms with Crippen LogP contribution in [0.25, 0.3) is 28.2 Å². The third kappa shape index (κ3) is 3.44. The van der Waals surface area contributed by atoms with Gasteiger partial charge in [0.1, 0.15) is 11.5 Å². The van der Waals surface area contributed by atoms with E-state index in [1.807, 2.05) is 47.0 Å². The van der Waals surface area contributed by atoms with E-state index in [1.165, 1.54) is 0 Å². The minimum atomic E-state index is 0. The summed E-state index contributed by atoms with van der Waals surface area (Å²) >= 11 is 6.08. The highest BCUT2D eigenvalue weighted by Crippen LogP contribution is 2.33. The number of nitrogen functional groups attached to an aromatic ring is 1. The molecule has 0 spiro atoms. The molecule has 0 fully saturated rings. The summed E-state index contributed by atoms with van der Waals surface area (Å²) in [6.45, 7) is 0. The summed E-state index contributed by atoms with van der Waals surface area (Å²) in [6.07, 6.45) is 1.97. The van der Waals surface area contributed by atoms with Crippen molar-refractivity contribution in [1.82, 2.24) is 14.6 Å². The van der Waals surface area contributed by atoms with E-state index in [-0.39, 0.29) is 12.4 Å². The fourth-order valence-electron chi connectivity index (χ4n) is 3.01. The molecule has 0 amide bonds. The maximum absolute atomic E-state index is 6.08. The first-order valence-electron chi connectivity index (χ1n) is 8.23. The minimum Gasteiger partial charge on any atom is -0.496 e. The lowest BCUT2D eigenvalue weighted by atomic mass is 10.1. The van der Waals surface area contributed by atoms with Gasteiger partial charge in [-0.05, 0) is 53.6 Å². The Kier molecular flexibility index (Phi) is 5.63. The number of benzene rings is 2. The summed E-state index contributed by atoms with van der Waals surface area (Å²) in [7, 11) is 3.20. The van der Waals surface area contributed by atoms with E-state index in [0.717, 1.165) is 22.3 Å². The highest BCUT2D eigenvalue weighted by atomic mass is 35.5. The highest BCUT2D eigenvalue weighted by molar-refractivity contribution is 6.30. The molecule has 0 unspecified atom stereocenters. The summed E-state index contributed by atoms with van der Waals surface area (Å²) in [5.74, 6) is 1.95. The van der Waals surface area contributed by atoms with Crippen molar-refractivity contribution < 1.29 is 9.47 Å². The summed E-state index contributed by atoms with van der Waals surface area (Å²) < 4.78 is 12.6. The molecule has 4 aromatic rings. The van der Waals surface area contributed by atoms with Crippen molar-refractivity contribution in [3.63, 3.8) is 0 Å². The lowest BCUT2D eigenvalue weighted by molar-refractivity contribution is 0.416. The molecule has 0 saturated heterocycles. The number of hydrogen-bond donors (Lipinski definition) is 1. The molecule has 0 atom stereocenters. The summed E-state index contributed by atoms with van der Waals surface area (Å²) in [4.78, 5) is 0. The maximum atomic E-state index is 6.08. The number of nitrogens with zero attached hydrogens (tertiary/aromatic N) is 3. The lowest BCUT2D eigenvalue weighted by Crippen LogP contribution is -1.95. The Balaban J connectivity index is 0.00000225. The van der Waals surface area contributed by atoms with Gasteiger partial charge in [0, 0.05) is 11.2 Å². The third-order valence-electron chi connectivity index (χ3n) is 4.37. The first kappa shape index (κ1) is 19.8. The average molecular weight is 417 g/mol. The number of rotatable bonds is 4. The number of fused-ring (bicyclic) bond motifs is 1. The van der Waals surface area contributed by atoms with Crippen LogP contribution in [0.3, 0.4) is 0 Å². The van der Waals surface area contributed by atoms with Gasteiger partial charge in [0.05, 0.1) is 25.5 Å². The van der Waals surface area contributed by atoms with Gasteiger partial charge in [-0.25, -0.2) is 0 Å². The maximum Gasteiger partial charge on any atom is 0.172 e. The molecular formula is C20H18Cl2N4O2. The Hall–Kier alpha value is -2.96. The van der Waals surface area contributed by atoms with Gasteiger partial charge in [-0.15, -0.1) is 22.6 Å². The summed E-state index contributed by atoms with van der Waals surface area (Å²) in [5.41, 5.74) is 10.1. The van der Waals surface area contributed by atoms with Gasteiger partial charge in [-0.1, -0.05) is 17.7 Å². The van der Waals surface area contributed by atoms with Crippen molar-refractivity contribution in [1.29, 1.82) is 0 Å². The second-order valence-corrected chi connectivity index (χ2v) is 6.41. The van der Waals surface area contributed by atoms with E-state index in [9.17, 15) is 0 Å². The second kappa shape index (κ2) is 7.96. The highest BCUT2D eigenvalue weighted by Gasteiger charge is 2.14. The Morgan fingerprint density at radius 2 is 1.64 bits per heavy atom. The Bertz CT molecular complexity index is 1140. The van der Waals surface area contributed by atoms with Crippen LogP contribution in [0.4, 0.5) is 5.69 Å². The number of ether oxygens (including phenoxy) is 2. The van der Waals surface area contributed by atoms with Crippen LogP contribution in [0.1, 0.15) is 0 Å². The number of anilines is 1.